The Morgan fingerprint density at radius 2 is 2.25 bits per heavy atom. The lowest BCUT2D eigenvalue weighted by atomic mass is 10.1. The smallest absolute Gasteiger partial charge is 0.262 e. The number of nitriles is 1. The lowest BCUT2D eigenvalue weighted by molar-refractivity contribution is -0.117. The quantitative estimate of drug-likeness (QED) is 0.637. The summed E-state index contributed by atoms with van der Waals surface area (Å²) in [5, 5.41) is 21.3. The highest BCUT2D eigenvalue weighted by Gasteiger charge is 2.10. The lowest BCUT2D eigenvalue weighted by Gasteiger charge is -2.08. The summed E-state index contributed by atoms with van der Waals surface area (Å²) >= 11 is 0. The topological polar surface area (TPSA) is 82.3 Å². The van der Waals surface area contributed by atoms with Crippen LogP contribution in [0.15, 0.2) is 23.8 Å². The van der Waals surface area contributed by atoms with Gasteiger partial charge in [0.05, 0.1) is 6.61 Å². The summed E-state index contributed by atoms with van der Waals surface area (Å²) in [7, 11) is 0. The van der Waals surface area contributed by atoms with Crippen molar-refractivity contribution in [1.29, 1.82) is 5.26 Å². The molecule has 0 atom stereocenters. The molecule has 0 unspecified atom stereocenters. The van der Waals surface area contributed by atoms with Gasteiger partial charge in [-0.25, -0.2) is 0 Å². The fourth-order valence-corrected chi connectivity index (χ4v) is 1.55. The van der Waals surface area contributed by atoms with Gasteiger partial charge in [-0.1, -0.05) is 6.07 Å². The summed E-state index contributed by atoms with van der Waals surface area (Å²) < 4.78 is 5.25. The van der Waals surface area contributed by atoms with Crippen LogP contribution in [0.2, 0.25) is 0 Å². The highest BCUT2D eigenvalue weighted by molar-refractivity contribution is 6.01. The zero-order valence-corrected chi connectivity index (χ0v) is 11.8. The highest BCUT2D eigenvalue weighted by Crippen LogP contribution is 2.27. The van der Waals surface area contributed by atoms with Crippen LogP contribution < -0.4 is 10.1 Å². The molecule has 1 rings (SSSR count). The van der Waals surface area contributed by atoms with Gasteiger partial charge in [0.15, 0.2) is 11.5 Å². The molecular formula is C15H18N2O3. The van der Waals surface area contributed by atoms with Crippen LogP contribution in [0.5, 0.6) is 11.5 Å². The van der Waals surface area contributed by atoms with Crippen molar-refractivity contribution in [3.63, 3.8) is 0 Å². The predicted molar refractivity (Wildman–Crippen MR) is 76.1 cm³/mol. The first-order valence-electron chi connectivity index (χ1n) is 6.36. The van der Waals surface area contributed by atoms with Crippen molar-refractivity contribution in [2.75, 3.05) is 6.61 Å². The number of aromatic hydroxyl groups is 1. The Balaban J connectivity index is 3.04. The van der Waals surface area contributed by atoms with E-state index < -0.39 is 5.91 Å². The number of ether oxygens (including phenoxy) is 1. The number of carbonyl (C=O) groups is 1. The van der Waals surface area contributed by atoms with Crippen LogP contribution in [-0.2, 0) is 4.79 Å². The highest BCUT2D eigenvalue weighted by atomic mass is 16.5. The molecular weight excluding hydrogens is 256 g/mol. The molecule has 0 saturated carbocycles. The molecule has 20 heavy (non-hydrogen) atoms. The van der Waals surface area contributed by atoms with Gasteiger partial charge < -0.3 is 15.2 Å². The number of amides is 1. The van der Waals surface area contributed by atoms with Crippen molar-refractivity contribution in [1.82, 2.24) is 5.32 Å². The molecule has 5 heteroatoms. The average Bonchev–Trinajstić information content (AvgIpc) is 2.38. The zero-order chi connectivity index (χ0) is 15.1. The minimum atomic E-state index is -0.423. The molecule has 1 amide bonds. The monoisotopic (exact) mass is 274 g/mol. The Hall–Kier alpha value is -2.48. The SMILES string of the molecule is CCOc1cc(/C=C(/C#N)C(=O)NC(C)C)ccc1O. The van der Waals surface area contributed by atoms with E-state index in [1.54, 1.807) is 19.1 Å². The Morgan fingerprint density at radius 1 is 1.55 bits per heavy atom. The molecule has 0 fully saturated rings. The minimum absolute atomic E-state index is 0.00633. The van der Waals surface area contributed by atoms with E-state index in [4.69, 9.17) is 10.00 Å². The maximum atomic E-state index is 11.8. The van der Waals surface area contributed by atoms with Crippen LogP contribution in [0, 0.1) is 11.3 Å². The normalized spacial score (nSPS) is 11.1. The molecule has 0 aliphatic rings. The number of carbonyl (C=O) groups excluding carboxylic acids is 1. The van der Waals surface area contributed by atoms with Crippen LogP contribution in [0.3, 0.4) is 0 Å². The van der Waals surface area contributed by atoms with Gasteiger partial charge in [0, 0.05) is 6.04 Å². The molecule has 1 aromatic rings. The molecule has 1 aromatic carbocycles. The number of benzene rings is 1. The molecule has 0 aliphatic heterocycles. The lowest BCUT2D eigenvalue weighted by Crippen LogP contribution is -2.30. The number of phenolic OH excluding ortho intramolecular Hbond substituents is 1. The van der Waals surface area contributed by atoms with Gasteiger partial charge in [-0.2, -0.15) is 5.26 Å². The summed E-state index contributed by atoms with van der Waals surface area (Å²) in [4.78, 5) is 11.8. The molecule has 0 aliphatic carbocycles. The van der Waals surface area contributed by atoms with Gasteiger partial charge in [0.25, 0.3) is 5.91 Å². The first-order valence-corrected chi connectivity index (χ1v) is 6.36. The fourth-order valence-electron chi connectivity index (χ4n) is 1.55. The molecule has 0 aromatic heterocycles. The van der Waals surface area contributed by atoms with E-state index >= 15 is 0 Å². The Kier molecular flexibility index (Phi) is 5.60. The zero-order valence-electron chi connectivity index (χ0n) is 11.8. The maximum Gasteiger partial charge on any atom is 0.262 e. The van der Waals surface area contributed by atoms with Crippen molar-refractivity contribution in [2.24, 2.45) is 0 Å². The van der Waals surface area contributed by atoms with Gasteiger partial charge in [0.2, 0.25) is 0 Å². The summed E-state index contributed by atoms with van der Waals surface area (Å²) in [5.41, 5.74) is 0.619. The number of phenols is 1. The van der Waals surface area contributed by atoms with E-state index in [1.165, 1.54) is 12.1 Å². The second-order valence-corrected chi connectivity index (χ2v) is 4.46. The summed E-state index contributed by atoms with van der Waals surface area (Å²) in [6.45, 7) is 5.86. The summed E-state index contributed by atoms with van der Waals surface area (Å²) in [6.07, 6.45) is 1.46. The number of nitrogens with zero attached hydrogens (tertiary/aromatic N) is 1. The first kappa shape index (κ1) is 15.6. The third-order valence-electron chi connectivity index (χ3n) is 2.38. The van der Waals surface area contributed by atoms with Gasteiger partial charge in [-0.3, -0.25) is 4.79 Å². The number of hydrogen-bond donors (Lipinski definition) is 2. The molecule has 0 heterocycles. The molecule has 2 N–H and O–H groups in total. The first-order chi connectivity index (χ1) is 9.47. The molecule has 0 saturated heterocycles. The van der Waals surface area contributed by atoms with E-state index in [2.05, 4.69) is 5.32 Å². The molecule has 0 spiro atoms. The fraction of sp³-hybridized carbons (Fsp3) is 0.333. The van der Waals surface area contributed by atoms with Crippen molar-refractivity contribution in [3.05, 3.63) is 29.3 Å². The van der Waals surface area contributed by atoms with Gasteiger partial charge in [-0.15, -0.1) is 0 Å². The third-order valence-corrected chi connectivity index (χ3v) is 2.38. The third kappa shape index (κ3) is 4.32. The number of nitrogens with one attached hydrogen (secondary N) is 1. The second-order valence-electron chi connectivity index (χ2n) is 4.46. The van der Waals surface area contributed by atoms with Crippen molar-refractivity contribution >= 4 is 12.0 Å². The van der Waals surface area contributed by atoms with Crippen LogP contribution in [0.25, 0.3) is 6.08 Å². The summed E-state index contributed by atoms with van der Waals surface area (Å²) in [6, 6.07) is 6.48. The Morgan fingerprint density at radius 3 is 2.80 bits per heavy atom. The van der Waals surface area contributed by atoms with Crippen molar-refractivity contribution in [3.8, 4) is 17.6 Å². The maximum absolute atomic E-state index is 11.8. The summed E-state index contributed by atoms with van der Waals surface area (Å²) in [5.74, 6) is -0.0783. The van der Waals surface area contributed by atoms with E-state index in [-0.39, 0.29) is 17.4 Å². The van der Waals surface area contributed by atoms with E-state index in [0.29, 0.717) is 17.9 Å². The average molecular weight is 274 g/mol. The van der Waals surface area contributed by atoms with Gasteiger partial charge >= 0.3 is 0 Å². The van der Waals surface area contributed by atoms with Crippen molar-refractivity contribution < 1.29 is 14.6 Å². The second kappa shape index (κ2) is 7.19. The van der Waals surface area contributed by atoms with Gasteiger partial charge in [-0.05, 0) is 44.5 Å². The molecule has 0 radical (unpaired) electrons. The van der Waals surface area contributed by atoms with Crippen LogP contribution >= 0.6 is 0 Å². The molecule has 5 nitrogen and oxygen atoms in total. The number of rotatable bonds is 5. The largest absolute Gasteiger partial charge is 0.504 e. The standard InChI is InChI=1S/C15H18N2O3/c1-4-20-14-8-11(5-6-13(14)18)7-12(9-16)15(19)17-10(2)3/h5-8,10,18H,4H2,1-3H3,(H,17,19)/b12-7-. The molecule has 106 valence electrons. The minimum Gasteiger partial charge on any atom is -0.504 e. The van der Waals surface area contributed by atoms with E-state index in [0.717, 1.165) is 0 Å². The molecule has 0 bridgehead atoms. The Bertz CT molecular complexity index is 557. The number of hydrogen-bond acceptors (Lipinski definition) is 4. The van der Waals surface area contributed by atoms with E-state index in [1.807, 2.05) is 19.9 Å². The van der Waals surface area contributed by atoms with Crippen LogP contribution in [0.4, 0.5) is 0 Å². The van der Waals surface area contributed by atoms with Gasteiger partial charge in [0.1, 0.15) is 11.6 Å². The van der Waals surface area contributed by atoms with Crippen LogP contribution in [-0.4, -0.2) is 23.7 Å². The van der Waals surface area contributed by atoms with Crippen molar-refractivity contribution in [2.45, 2.75) is 26.8 Å². The van der Waals surface area contributed by atoms with Crippen LogP contribution in [0.1, 0.15) is 26.3 Å². The predicted octanol–water partition coefficient (Wildman–Crippen LogP) is 2.22. The van der Waals surface area contributed by atoms with E-state index in [9.17, 15) is 9.90 Å². The Labute approximate surface area is 118 Å².